The van der Waals surface area contributed by atoms with Crippen molar-refractivity contribution in [2.24, 2.45) is 5.41 Å². The highest BCUT2D eigenvalue weighted by atomic mass is 16.6. The van der Waals surface area contributed by atoms with E-state index < -0.39 is 29.0 Å². The van der Waals surface area contributed by atoms with Gasteiger partial charge in [-0.25, -0.2) is 0 Å². The summed E-state index contributed by atoms with van der Waals surface area (Å²) in [4.78, 5) is 53.6. The van der Waals surface area contributed by atoms with Crippen LogP contribution in [-0.2, 0) is 45.6 Å². The van der Waals surface area contributed by atoms with Gasteiger partial charge in [0.25, 0.3) is 0 Å². The molecule has 2 amide bonds. The average Bonchev–Trinajstić information content (AvgIpc) is 3.40. The maximum Gasteiger partial charge on any atom is 0.326 e. The van der Waals surface area contributed by atoms with Crippen molar-refractivity contribution in [3.8, 4) is 0 Å². The Morgan fingerprint density at radius 1 is 0.914 bits per heavy atom. The van der Waals surface area contributed by atoms with Crippen molar-refractivity contribution in [1.82, 2.24) is 4.90 Å². The summed E-state index contributed by atoms with van der Waals surface area (Å²) in [5.74, 6) is -2.32. The zero-order valence-electron chi connectivity index (χ0n) is 20.1. The number of benzene rings is 2. The molecule has 2 aromatic carbocycles. The third kappa shape index (κ3) is 4.01. The zero-order valence-corrected chi connectivity index (χ0v) is 20.1. The lowest BCUT2D eigenvalue weighted by molar-refractivity contribution is -0.198. The molecule has 35 heavy (non-hydrogen) atoms. The fraction of sp³-hybridized carbons (Fsp3) is 0.407. The summed E-state index contributed by atoms with van der Waals surface area (Å²) in [6.45, 7) is 1.98. The van der Waals surface area contributed by atoms with E-state index in [1.54, 1.807) is 6.07 Å². The number of nitrogens with zero attached hydrogens (tertiary/aromatic N) is 1. The Morgan fingerprint density at radius 3 is 2.11 bits per heavy atom. The van der Waals surface area contributed by atoms with Gasteiger partial charge in [-0.15, -0.1) is 0 Å². The van der Waals surface area contributed by atoms with Gasteiger partial charge in [0.1, 0.15) is 5.60 Å². The summed E-state index contributed by atoms with van der Waals surface area (Å²) >= 11 is 0. The third-order valence-electron chi connectivity index (χ3n) is 7.09. The molecule has 184 valence electrons. The first-order valence-corrected chi connectivity index (χ1v) is 11.6. The number of imide groups is 1. The second kappa shape index (κ2) is 9.62. The van der Waals surface area contributed by atoms with Gasteiger partial charge in [-0.2, -0.15) is 0 Å². The van der Waals surface area contributed by atoms with Crippen LogP contribution in [0.4, 0.5) is 0 Å². The Balaban J connectivity index is 1.93. The molecule has 8 heteroatoms. The zero-order chi connectivity index (χ0) is 25.2. The molecule has 1 aliphatic heterocycles. The molecular formula is C27H29NO7. The third-order valence-corrected chi connectivity index (χ3v) is 7.09. The summed E-state index contributed by atoms with van der Waals surface area (Å²) in [6.07, 6.45) is 0.0831. The van der Waals surface area contributed by atoms with Crippen molar-refractivity contribution >= 4 is 23.8 Å². The van der Waals surface area contributed by atoms with Crippen LogP contribution < -0.4 is 0 Å². The first kappa shape index (κ1) is 24.6. The molecule has 1 saturated heterocycles. The van der Waals surface area contributed by atoms with Crippen LogP contribution in [0.5, 0.6) is 0 Å². The van der Waals surface area contributed by atoms with E-state index in [1.165, 1.54) is 19.1 Å². The van der Waals surface area contributed by atoms with E-state index in [1.807, 2.05) is 55.5 Å². The fourth-order valence-electron chi connectivity index (χ4n) is 5.52. The van der Waals surface area contributed by atoms with Crippen molar-refractivity contribution in [3.63, 3.8) is 0 Å². The topological polar surface area (TPSA) is 99.2 Å². The Morgan fingerprint density at radius 2 is 1.54 bits per heavy atom. The van der Waals surface area contributed by atoms with E-state index >= 15 is 0 Å². The molecule has 4 rings (SSSR count). The predicted molar refractivity (Wildman–Crippen MR) is 125 cm³/mol. The minimum absolute atomic E-state index is 0.0466. The molecular weight excluding hydrogens is 450 g/mol. The van der Waals surface area contributed by atoms with Gasteiger partial charge in [-0.3, -0.25) is 24.1 Å². The number of methoxy groups -OCH3 is 2. The number of carbonyl (C=O) groups is 4. The monoisotopic (exact) mass is 479 g/mol. The van der Waals surface area contributed by atoms with Gasteiger partial charge in [0.2, 0.25) is 11.8 Å². The molecule has 0 radical (unpaired) electrons. The smallest absolute Gasteiger partial charge is 0.326 e. The fourth-order valence-corrected chi connectivity index (χ4v) is 5.52. The number of amides is 2. The quantitative estimate of drug-likeness (QED) is 0.342. The van der Waals surface area contributed by atoms with Crippen molar-refractivity contribution in [1.29, 1.82) is 0 Å². The van der Waals surface area contributed by atoms with Crippen LogP contribution >= 0.6 is 0 Å². The summed E-state index contributed by atoms with van der Waals surface area (Å²) in [7, 11) is 2.40. The van der Waals surface area contributed by atoms with Gasteiger partial charge < -0.3 is 14.2 Å². The molecule has 0 N–H and O–H groups in total. The second-order valence-electron chi connectivity index (χ2n) is 9.08. The Bertz CT molecular complexity index is 1110. The van der Waals surface area contributed by atoms with Gasteiger partial charge in [-0.1, -0.05) is 60.2 Å². The molecule has 1 aliphatic carbocycles. The van der Waals surface area contributed by atoms with Crippen LogP contribution in [0.1, 0.15) is 42.4 Å². The lowest BCUT2D eigenvalue weighted by Crippen LogP contribution is -2.55. The molecule has 0 spiro atoms. The molecule has 2 unspecified atom stereocenters. The van der Waals surface area contributed by atoms with Crippen LogP contribution in [0.15, 0.2) is 54.6 Å². The summed E-state index contributed by atoms with van der Waals surface area (Å²) in [5, 5.41) is 0. The summed E-state index contributed by atoms with van der Waals surface area (Å²) in [6, 6.07) is 16.0. The van der Waals surface area contributed by atoms with E-state index in [4.69, 9.17) is 14.2 Å². The van der Waals surface area contributed by atoms with E-state index in [9.17, 15) is 19.2 Å². The van der Waals surface area contributed by atoms with Crippen molar-refractivity contribution in [2.75, 3.05) is 14.2 Å². The van der Waals surface area contributed by atoms with E-state index in [2.05, 4.69) is 0 Å². The molecule has 2 atom stereocenters. The predicted octanol–water partition coefficient (Wildman–Crippen LogP) is 3.05. The van der Waals surface area contributed by atoms with Crippen LogP contribution in [-0.4, -0.2) is 48.9 Å². The van der Waals surface area contributed by atoms with Crippen molar-refractivity contribution in [2.45, 2.75) is 50.9 Å². The SMILES string of the molecule is COC(=O)C1(C(=O)OC)CC(N2C(=O)CCC2=O)CC1(OCc1ccccc1)c1cccc(C)c1. The number of hydrogen-bond acceptors (Lipinski definition) is 7. The summed E-state index contributed by atoms with van der Waals surface area (Å²) < 4.78 is 16.9. The number of likely N-dealkylation sites (tertiary alicyclic amines) is 1. The maximum atomic E-state index is 13.6. The molecule has 0 aromatic heterocycles. The normalized spacial score (nSPS) is 23.4. The van der Waals surface area contributed by atoms with E-state index in [0.29, 0.717) is 5.56 Å². The number of esters is 2. The second-order valence-corrected chi connectivity index (χ2v) is 9.08. The van der Waals surface area contributed by atoms with Gasteiger partial charge in [0.05, 0.1) is 20.8 Å². The molecule has 2 fully saturated rings. The largest absolute Gasteiger partial charge is 0.468 e. The lowest BCUT2D eigenvalue weighted by atomic mass is 9.69. The molecule has 1 saturated carbocycles. The average molecular weight is 480 g/mol. The summed E-state index contributed by atoms with van der Waals surface area (Å²) in [5.41, 5.74) is -1.19. The molecule has 2 aromatic rings. The van der Waals surface area contributed by atoms with E-state index in [-0.39, 0.29) is 44.1 Å². The van der Waals surface area contributed by atoms with Crippen LogP contribution in [0.2, 0.25) is 0 Å². The van der Waals surface area contributed by atoms with Crippen LogP contribution in [0.3, 0.4) is 0 Å². The highest BCUT2D eigenvalue weighted by Gasteiger charge is 2.72. The highest BCUT2D eigenvalue weighted by Crippen LogP contribution is 2.58. The van der Waals surface area contributed by atoms with Gasteiger partial charge in [-0.05, 0) is 24.5 Å². The first-order chi connectivity index (χ1) is 16.8. The van der Waals surface area contributed by atoms with E-state index in [0.717, 1.165) is 11.1 Å². The molecule has 0 bridgehead atoms. The number of hydrogen-bond donors (Lipinski definition) is 0. The van der Waals surface area contributed by atoms with Crippen LogP contribution in [0, 0.1) is 12.3 Å². The standard InChI is InChI=1S/C27H29NO7/c1-18-8-7-11-20(14-18)27(35-17-19-9-5-4-6-10-19)16-21(28-22(29)12-13-23(28)30)15-26(27,24(31)33-2)25(32)34-3/h4-11,14,21H,12-13,15-17H2,1-3H3. The molecule has 2 aliphatic rings. The first-order valence-electron chi connectivity index (χ1n) is 11.6. The minimum Gasteiger partial charge on any atom is -0.468 e. The van der Waals surface area contributed by atoms with Crippen LogP contribution in [0.25, 0.3) is 0 Å². The Labute approximate surface area is 204 Å². The number of rotatable bonds is 7. The minimum atomic E-state index is -1.94. The molecule has 1 heterocycles. The Kier molecular flexibility index (Phi) is 6.76. The van der Waals surface area contributed by atoms with Gasteiger partial charge in [0.15, 0.2) is 5.41 Å². The number of carbonyl (C=O) groups excluding carboxylic acids is 4. The Hall–Kier alpha value is -3.52. The lowest BCUT2D eigenvalue weighted by Gasteiger charge is -2.42. The number of ether oxygens (including phenoxy) is 3. The maximum absolute atomic E-state index is 13.6. The van der Waals surface area contributed by atoms with Crippen molar-refractivity contribution < 1.29 is 33.4 Å². The molecule has 8 nitrogen and oxygen atoms in total. The van der Waals surface area contributed by atoms with Gasteiger partial charge >= 0.3 is 11.9 Å². The van der Waals surface area contributed by atoms with Gasteiger partial charge in [0, 0.05) is 25.3 Å². The highest BCUT2D eigenvalue weighted by molar-refractivity contribution is 6.05. The van der Waals surface area contributed by atoms with Crippen molar-refractivity contribution in [3.05, 3.63) is 71.3 Å². The number of aryl methyl sites for hydroxylation is 1.